The minimum Gasteiger partial charge on any atom is -0.370 e. The zero-order chi connectivity index (χ0) is 13.8. The molecule has 0 aromatic carbocycles. The first kappa shape index (κ1) is 13.9. The molecule has 0 aliphatic heterocycles. The van der Waals surface area contributed by atoms with Gasteiger partial charge in [0.2, 0.25) is 5.91 Å². The van der Waals surface area contributed by atoms with Crippen molar-refractivity contribution < 1.29 is 9.72 Å². The van der Waals surface area contributed by atoms with Gasteiger partial charge in [-0.05, 0) is 26.8 Å². The Bertz CT molecular complexity index is 454. The number of nitrogens with one attached hydrogen (secondary N) is 2. The maximum Gasteiger partial charge on any atom is 0.310 e. The number of rotatable bonds is 4. The molecule has 0 unspecified atom stereocenters. The first-order valence-electron chi connectivity index (χ1n) is 5.43. The molecule has 0 bridgehead atoms. The lowest BCUT2D eigenvalue weighted by molar-refractivity contribution is -0.384. The summed E-state index contributed by atoms with van der Waals surface area (Å²) in [5.41, 5.74) is -0.205. The van der Waals surface area contributed by atoms with Crippen LogP contribution < -0.4 is 10.6 Å². The van der Waals surface area contributed by atoms with Gasteiger partial charge in [0.15, 0.2) is 0 Å². The second-order valence-corrected chi connectivity index (χ2v) is 4.80. The van der Waals surface area contributed by atoms with Gasteiger partial charge in [-0.3, -0.25) is 19.9 Å². The number of nitro groups is 1. The van der Waals surface area contributed by atoms with Crippen molar-refractivity contribution in [3.63, 3.8) is 0 Å². The minimum absolute atomic E-state index is 0.0257. The van der Waals surface area contributed by atoms with Gasteiger partial charge in [0.25, 0.3) is 0 Å². The Morgan fingerprint density at radius 1 is 1.50 bits per heavy atom. The monoisotopic (exact) mass is 252 g/mol. The van der Waals surface area contributed by atoms with E-state index in [-0.39, 0.29) is 29.4 Å². The van der Waals surface area contributed by atoms with E-state index in [0.29, 0.717) is 0 Å². The van der Waals surface area contributed by atoms with Crippen molar-refractivity contribution in [1.82, 2.24) is 10.3 Å². The number of aromatic nitrogens is 1. The van der Waals surface area contributed by atoms with Crippen molar-refractivity contribution in [1.29, 1.82) is 0 Å². The maximum atomic E-state index is 11.6. The van der Waals surface area contributed by atoms with Crippen LogP contribution in [0.5, 0.6) is 0 Å². The Morgan fingerprint density at radius 3 is 2.72 bits per heavy atom. The molecule has 0 radical (unpaired) electrons. The summed E-state index contributed by atoms with van der Waals surface area (Å²) in [6.07, 6.45) is 2.57. The Hall–Kier alpha value is -2.18. The predicted octanol–water partition coefficient (Wildman–Crippen LogP) is 1.32. The van der Waals surface area contributed by atoms with Crippen LogP contribution >= 0.6 is 0 Å². The second-order valence-electron chi connectivity index (χ2n) is 4.80. The molecule has 0 saturated carbocycles. The molecular weight excluding hydrogens is 236 g/mol. The highest BCUT2D eigenvalue weighted by Gasteiger charge is 2.16. The van der Waals surface area contributed by atoms with Crippen molar-refractivity contribution in [3.05, 3.63) is 28.6 Å². The fourth-order valence-corrected chi connectivity index (χ4v) is 1.32. The third-order valence-electron chi connectivity index (χ3n) is 1.95. The van der Waals surface area contributed by atoms with Crippen LogP contribution in [0, 0.1) is 10.1 Å². The van der Waals surface area contributed by atoms with Gasteiger partial charge in [0, 0.05) is 11.7 Å². The average molecular weight is 252 g/mol. The van der Waals surface area contributed by atoms with E-state index < -0.39 is 4.92 Å². The van der Waals surface area contributed by atoms with Crippen molar-refractivity contribution in [2.24, 2.45) is 0 Å². The number of carbonyl (C=O) groups excluding carboxylic acids is 1. The molecular formula is C11H16N4O3. The largest absolute Gasteiger partial charge is 0.370 e. The standard InChI is InChI=1S/C11H16N4O3/c1-11(2,3)14-10(16)7-13-8-4-5-12-6-9(8)15(17)18/h4-6H,7H2,1-3H3,(H,12,13)(H,14,16). The van der Waals surface area contributed by atoms with Gasteiger partial charge in [0.05, 0.1) is 11.5 Å². The molecule has 1 amide bonds. The van der Waals surface area contributed by atoms with Crippen molar-refractivity contribution in [2.75, 3.05) is 11.9 Å². The minimum atomic E-state index is -0.545. The van der Waals surface area contributed by atoms with Gasteiger partial charge in [0.1, 0.15) is 11.9 Å². The summed E-state index contributed by atoms with van der Waals surface area (Å²) in [4.78, 5) is 25.4. The fourth-order valence-electron chi connectivity index (χ4n) is 1.32. The quantitative estimate of drug-likeness (QED) is 0.622. The summed E-state index contributed by atoms with van der Waals surface area (Å²) in [5, 5.41) is 16.2. The van der Waals surface area contributed by atoms with Gasteiger partial charge >= 0.3 is 5.69 Å². The Kier molecular flexibility index (Phi) is 4.19. The first-order valence-corrected chi connectivity index (χ1v) is 5.43. The van der Waals surface area contributed by atoms with E-state index in [0.717, 1.165) is 6.20 Å². The Morgan fingerprint density at radius 2 is 2.17 bits per heavy atom. The van der Waals surface area contributed by atoms with Crippen molar-refractivity contribution in [3.8, 4) is 0 Å². The van der Waals surface area contributed by atoms with Crippen molar-refractivity contribution in [2.45, 2.75) is 26.3 Å². The summed E-state index contributed by atoms with van der Waals surface area (Å²) in [6, 6.07) is 1.46. The molecule has 0 saturated heterocycles. The molecule has 7 nitrogen and oxygen atoms in total. The lowest BCUT2D eigenvalue weighted by atomic mass is 10.1. The second kappa shape index (κ2) is 5.44. The number of hydrogen-bond donors (Lipinski definition) is 2. The SMILES string of the molecule is CC(C)(C)NC(=O)CNc1ccncc1[N+](=O)[O-]. The summed E-state index contributed by atoms with van der Waals surface area (Å²) >= 11 is 0. The van der Waals surface area contributed by atoms with Gasteiger partial charge < -0.3 is 10.6 Å². The van der Waals surface area contributed by atoms with E-state index in [1.807, 2.05) is 20.8 Å². The van der Waals surface area contributed by atoms with Crippen LogP contribution in [0.15, 0.2) is 18.5 Å². The molecule has 0 spiro atoms. The third-order valence-corrected chi connectivity index (χ3v) is 1.95. The fraction of sp³-hybridized carbons (Fsp3) is 0.455. The highest BCUT2D eigenvalue weighted by Crippen LogP contribution is 2.21. The molecule has 0 atom stereocenters. The summed E-state index contributed by atoms with van der Waals surface area (Å²) < 4.78 is 0. The van der Waals surface area contributed by atoms with Gasteiger partial charge in [-0.1, -0.05) is 0 Å². The molecule has 2 N–H and O–H groups in total. The molecule has 1 heterocycles. The van der Waals surface area contributed by atoms with Crippen LogP contribution in [0.4, 0.5) is 11.4 Å². The first-order chi connectivity index (χ1) is 8.29. The molecule has 0 aliphatic rings. The number of carbonyl (C=O) groups is 1. The lowest BCUT2D eigenvalue weighted by Crippen LogP contribution is -2.43. The van der Waals surface area contributed by atoms with Crippen LogP contribution in [-0.2, 0) is 4.79 Å². The zero-order valence-electron chi connectivity index (χ0n) is 10.6. The zero-order valence-corrected chi connectivity index (χ0v) is 10.6. The highest BCUT2D eigenvalue weighted by atomic mass is 16.6. The van der Waals surface area contributed by atoms with E-state index in [1.165, 1.54) is 12.3 Å². The van der Waals surface area contributed by atoms with Crippen LogP contribution in [0.2, 0.25) is 0 Å². The molecule has 7 heteroatoms. The van der Waals surface area contributed by atoms with Gasteiger partial charge in [-0.15, -0.1) is 0 Å². The van der Waals surface area contributed by atoms with Gasteiger partial charge in [-0.2, -0.15) is 0 Å². The predicted molar refractivity (Wildman–Crippen MR) is 67.3 cm³/mol. The number of nitrogens with zero attached hydrogens (tertiary/aromatic N) is 2. The average Bonchev–Trinajstić information content (AvgIpc) is 2.24. The lowest BCUT2D eigenvalue weighted by Gasteiger charge is -2.20. The molecule has 18 heavy (non-hydrogen) atoms. The van der Waals surface area contributed by atoms with E-state index >= 15 is 0 Å². The molecule has 98 valence electrons. The van der Waals surface area contributed by atoms with Crippen LogP contribution in [0.3, 0.4) is 0 Å². The number of hydrogen-bond acceptors (Lipinski definition) is 5. The van der Waals surface area contributed by atoms with Crippen LogP contribution in [0.25, 0.3) is 0 Å². The van der Waals surface area contributed by atoms with E-state index in [1.54, 1.807) is 0 Å². The maximum absolute atomic E-state index is 11.6. The highest BCUT2D eigenvalue weighted by molar-refractivity contribution is 5.82. The normalized spacial score (nSPS) is 10.8. The summed E-state index contributed by atoms with van der Waals surface area (Å²) in [7, 11) is 0. The Labute approximate surface area is 105 Å². The number of pyridine rings is 1. The third kappa shape index (κ3) is 4.36. The molecule has 0 fully saturated rings. The van der Waals surface area contributed by atoms with Crippen molar-refractivity contribution >= 4 is 17.3 Å². The topological polar surface area (TPSA) is 97.2 Å². The molecule has 1 aromatic rings. The summed E-state index contributed by atoms with van der Waals surface area (Å²) in [5.74, 6) is -0.228. The Balaban J connectivity index is 2.64. The van der Waals surface area contributed by atoms with Crippen LogP contribution in [-0.4, -0.2) is 27.9 Å². The molecule has 1 rings (SSSR count). The molecule has 0 aliphatic carbocycles. The number of anilines is 1. The van der Waals surface area contributed by atoms with Gasteiger partial charge in [-0.25, -0.2) is 0 Å². The number of amides is 1. The summed E-state index contributed by atoms with van der Waals surface area (Å²) in [6.45, 7) is 5.56. The smallest absolute Gasteiger partial charge is 0.310 e. The van der Waals surface area contributed by atoms with Crippen LogP contribution in [0.1, 0.15) is 20.8 Å². The van der Waals surface area contributed by atoms with E-state index in [9.17, 15) is 14.9 Å². The molecule has 1 aromatic heterocycles. The van der Waals surface area contributed by atoms with E-state index in [4.69, 9.17) is 0 Å². The van der Waals surface area contributed by atoms with E-state index in [2.05, 4.69) is 15.6 Å².